The number of halogens is 2. The standard InChI is InChI=1S/C23H24ClFN4O/c1-3-28-12-11-22-19(14-28)21(26-29(22)17-8-6-7-16(25)13-17)15-27(2)23(30)18-9-4-5-10-20(18)24/h4-10,13H,3,11-12,14-15H2,1-2H3. The summed E-state index contributed by atoms with van der Waals surface area (Å²) in [7, 11) is 1.75. The van der Waals surface area contributed by atoms with Crippen molar-refractivity contribution in [3.63, 3.8) is 0 Å². The van der Waals surface area contributed by atoms with Crippen LogP contribution in [-0.4, -0.2) is 45.6 Å². The monoisotopic (exact) mass is 426 g/mol. The third kappa shape index (κ3) is 3.98. The summed E-state index contributed by atoms with van der Waals surface area (Å²) in [6.45, 7) is 5.13. The summed E-state index contributed by atoms with van der Waals surface area (Å²) in [6, 6.07) is 13.5. The molecule has 1 amide bonds. The number of carbonyl (C=O) groups excluding carboxylic acids is 1. The van der Waals surface area contributed by atoms with Gasteiger partial charge in [0.15, 0.2) is 0 Å². The maximum atomic E-state index is 13.8. The Bertz CT molecular complexity index is 1080. The summed E-state index contributed by atoms with van der Waals surface area (Å²) >= 11 is 6.21. The quantitative estimate of drug-likeness (QED) is 0.610. The first-order valence-electron chi connectivity index (χ1n) is 10.1. The zero-order valence-corrected chi connectivity index (χ0v) is 17.9. The minimum absolute atomic E-state index is 0.155. The molecule has 1 aromatic heterocycles. The molecule has 0 N–H and O–H groups in total. The molecule has 156 valence electrons. The van der Waals surface area contributed by atoms with Crippen molar-refractivity contribution in [3.05, 3.63) is 81.9 Å². The molecule has 5 nitrogen and oxygen atoms in total. The van der Waals surface area contributed by atoms with Crippen LogP contribution in [0.15, 0.2) is 48.5 Å². The van der Waals surface area contributed by atoms with Crippen LogP contribution in [0.2, 0.25) is 5.02 Å². The first kappa shape index (κ1) is 20.6. The molecule has 0 saturated heterocycles. The predicted molar refractivity (Wildman–Crippen MR) is 115 cm³/mol. The largest absolute Gasteiger partial charge is 0.336 e. The minimum Gasteiger partial charge on any atom is -0.336 e. The Morgan fingerprint density at radius 1 is 1.23 bits per heavy atom. The third-order valence-electron chi connectivity index (χ3n) is 5.56. The lowest BCUT2D eigenvalue weighted by Crippen LogP contribution is -2.32. The van der Waals surface area contributed by atoms with E-state index >= 15 is 0 Å². The molecule has 0 saturated carbocycles. The highest BCUT2D eigenvalue weighted by Crippen LogP contribution is 2.27. The van der Waals surface area contributed by atoms with Crippen LogP contribution in [0, 0.1) is 5.82 Å². The highest BCUT2D eigenvalue weighted by Gasteiger charge is 2.26. The Balaban J connectivity index is 1.69. The molecule has 2 heterocycles. The number of carbonyl (C=O) groups is 1. The number of hydrogen-bond acceptors (Lipinski definition) is 3. The van der Waals surface area contributed by atoms with E-state index in [0.717, 1.165) is 43.0 Å². The van der Waals surface area contributed by atoms with Gasteiger partial charge in [-0.05, 0) is 36.9 Å². The molecule has 3 aromatic rings. The van der Waals surface area contributed by atoms with Crippen LogP contribution in [0.4, 0.5) is 4.39 Å². The molecule has 7 heteroatoms. The number of amides is 1. The Kier molecular flexibility index (Phi) is 5.88. The first-order valence-corrected chi connectivity index (χ1v) is 10.4. The zero-order chi connectivity index (χ0) is 21.3. The first-order chi connectivity index (χ1) is 14.5. The van der Waals surface area contributed by atoms with E-state index in [-0.39, 0.29) is 11.7 Å². The van der Waals surface area contributed by atoms with Gasteiger partial charge < -0.3 is 4.90 Å². The second kappa shape index (κ2) is 8.58. The van der Waals surface area contributed by atoms with Crippen LogP contribution in [0.3, 0.4) is 0 Å². The molecule has 30 heavy (non-hydrogen) atoms. The zero-order valence-electron chi connectivity index (χ0n) is 17.1. The number of rotatable bonds is 5. The van der Waals surface area contributed by atoms with Crippen molar-refractivity contribution < 1.29 is 9.18 Å². The Morgan fingerprint density at radius 3 is 2.77 bits per heavy atom. The molecule has 0 aliphatic carbocycles. The lowest BCUT2D eigenvalue weighted by Gasteiger charge is -2.27. The van der Waals surface area contributed by atoms with E-state index < -0.39 is 0 Å². The fourth-order valence-corrected chi connectivity index (χ4v) is 4.11. The van der Waals surface area contributed by atoms with E-state index in [1.54, 1.807) is 42.3 Å². The van der Waals surface area contributed by atoms with Gasteiger partial charge in [-0.3, -0.25) is 9.69 Å². The van der Waals surface area contributed by atoms with Crippen LogP contribution >= 0.6 is 11.6 Å². The summed E-state index contributed by atoms with van der Waals surface area (Å²) in [5.74, 6) is -0.451. The lowest BCUT2D eigenvalue weighted by molar-refractivity contribution is 0.0782. The van der Waals surface area contributed by atoms with E-state index in [9.17, 15) is 9.18 Å². The molecule has 0 bridgehead atoms. The van der Waals surface area contributed by atoms with Crippen molar-refractivity contribution in [2.75, 3.05) is 20.1 Å². The molecule has 4 rings (SSSR count). The SMILES string of the molecule is CCN1CCc2c(c(CN(C)C(=O)c3ccccc3Cl)nn2-c2cccc(F)c2)C1. The highest BCUT2D eigenvalue weighted by molar-refractivity contribution is 6.33. The normalized spacial score (nSPS) is 13.9. The van der Waals surface area contributed by atoms with Crippen LogP contribution in [-0.2, 0) is 19.5 Å². The van der Waals surface area contributed by atoms with Crippen molar-refractivity contribution >= 4 is 17.5 Å². The van der Waals surface area contributed by atoms with E-state index in [0.29, 0.717) is 22.8 Å². The van der Waals surface area contributed by atoms with Gasteiger partial charge in [-0.15, -0.1) is 0 Å². The lowest BCUT2D eigenvalue weighted by atomic mass is 10.0. The molecule has 2 aromatic carbocycles. The Morgan fingerprint density at radius 2 is 2.03 bits per heavy atom. The van der Waals surface area contributed by atoms with E-state index in [1.165, 1.54) is 12.1 Å². The van der Waals surface area contributed by atoms with Crippen LogP contribution in [0.5, 0.6) is 0 Å². The van der Waals surface area contributed by atoms with Gasteiger partial charge in [-0.25, -0.2) is 9.07 Å². The molecular formula is C23H24ClFN4O. The number of hydrogen-bond donors (Lipinski definition) is 0. The molecule has 1 aliphatic heterocycles. The number of fused-ring (bicyclic) bond motifs is 1. The second-order valence-corrected chi connectivity index (χ2v) is 7.93. The van der Waals surface area contributed by atoms with Crippen molar-refractivity contribution in [2.24, 2.45) is 0 Å². The van der Waals surface area contributed by atoms with E-state index in [1.807, 2.05) is 10.7 Å². The number of likely N-dealkylation sites (N-methyl/N-ethyl adjacent to an activating group) is 1. The van der Waals surface area contributed by atoms with E-state index in [2.05, 4.69) is 11.8 Å². The third-order valence-corrected chi connectivity index (χ3v) is 5.89. The van der Waals surface area contributed by atoms with Gasteiger partial charge >= 0.3 is 0 Å². The van der Waals surface area contributed by atoms with Gasteiger partial charge in [-0.2, -0.15) is 5.10 Å². The second-order valence-electron chi connectivity index (χ2n) is 7.52. The number of aromatic nitrogens is 2. The highest BCUT2D eigenvalue weighted by atomic mass is 35.5. The smallest absolute Gasteiger partial charge is 0.255 e. The molecule has 0 atom stereocenters. The Labute approximate surface area is 180 Å². The Hall–Kier alpha value is -2.70. The summed E-state index contributed by atoms with van der Waals surface area (Å²) in [5, 5.41) is 5.24. The molecule has 1 aliphatic rings. The van der Waals surface area contributed by atoms with E-state index in [4.69, 9.17) is 16.7 Å². The minimum atomic E-state index is -0.296. The average molecular weight is 427 g/mol. The van der Waals surface area contributed by atoms with Crippen molar-refractivity contribution in [2.45, 2.75) is 26.4 Å². The fourth-order valence-electron chi connectivity index (χ4n) is 3.90. The van der Waals surface area contributed by atoms with Crippen molar-refractivity contribution in [1.82, 2.24) is 19.6 Å². The van der Waals surface area contributed by atoms with Gasteiger partial charge in [0.25, 0.3) is 5.91 Å². The number of benzene rings is 2. The molecule has 0 unspecified atom stereocenters. The molecule has 0 fully saturated rings. The van der Waals surface area contributed by atoms with Crippen molar-refractivity contribution in [3.8, 4) is 5.69 Å². The predicted octanol–water partition coefficient (Wildman–Crippen LogP) is 4.32. The topological polar surface area (TPSA) is 41.4 Å². The summed E-state index contributed by atoms with van der Waals surface area (Å²) in [6.07, 6.45) is 0.828. The van der Waals surface area contributed by atoms with Gasteiger partial charge in [0.1, 0.15) is 5.82 Å². The van der Waals surface area contributed by atoms with Gasteiger partial charge in [0.05, 0.1) is 34.2 Å². The maximum Gasteiger partial charge on any atom is 0.255 e. The molecule has 0 spiro atoms. The molecule has 0 radical (unpaired) electrons. The summed E-state index contributed by atoms with van der Waals surface area (Å²) in [5.41, 5.74) is 4.19. The summed E-state index contributed by atoms with van der Waals surface area (Å²) in [4.78, 5) is 16.9. The van der Waals surface area contributed by atoms with Gasteiger partial charge in [0, 0.05) is 32.1 Å². The van der Waals surface area contributed by atoms with Crippen LogP contribution in [0.1, 0.15) is 34.2 Å². The number of nitrogens with zero attached hydrogens (tertiary/aromatic N) is 4. The maximum absolute atomic E-state index is 13.8. The van der Waals surface area contributed by atoms with Crippen LogP contribution < -0.4 is 0 Å². The average Bonchev–Trinajstić information content (AvgIpc) is 3.11. The summed E-state index contributed by atoms with van der Waals surface area (Å²) < 4.78 is 15.7. The fraction of sp³-hybridized carbons (Fsp3) is 0.304. The van der Waals surface area contributed by atoms with Gasteiger partial charge in [-0.1, -0.05) is 36.7 Å². The van der Waals surface area contributed by atoms with Crippen molar-refractivity contribution in [1.29, 1.82) is 0 Å². The molecular weight excluding hydrogens is 403 g/mol. The van der Waals surface area contributed by atoms with Crippen LogP contribution in [0.25, 0.3) is 5.69 Å². The van der Waals surface area contributed by atoms with Gasteiger partial charge in [0.2, 0.25) is 0 Å².